The number of carboxylic acid groups (broad SMARTS) is 1. The summed E-state index contributed by atoms with van der Waals surface area (Å²) in [4.78, 5) is 22.5. The number of carbonyl (C=O) groups excluding carboxylic acids is 1. The lowest BCUT2D eigenvalue weighted by atomic mass is 10.1. The van der Waals surface area contributed by atoms with E-state index in [2.05, 4.69) is 10.6 Å². The molecule has 2 rings (SSSR count). The van der Waals surface area contributed by atoms with Gasteiger partial charge in [-0.1, -0.05) is 6.07 Å². The molecule has 1 aliphatic heterocycles. The molecule has 3 N–H and O–H groups in total. The van der Waals surface area contributed by atoms with E-state index in [9.17, 15) is 9.59 Å². The summed E-state index contributed by atoms with van der Waals surface area (Å²) in [6, 6.07) is 4.56. The first kappa shape index (κ1) is 13.2. The SMILES string of the molecule is CC(C)Oc1cccc2c1NC(=O)C(CC(=O)O)N2. The van der Waals surface area contributed by atoms with E-state index in [0.717, 1.165) is 0 Å². The average molecular weight is 264 g/mol. The molecule has 6 heteroatoms. The highest BCUT2D eigenvalue weighted by Gasteiger charge is 2.29. The van der Waals surface area contributed by atoms with Crippen LogP contribution >= 0.6 is 0 Å². The molecule has 0 radical (unpaired) electrons. The quantitative estimate of drug-likeness (QED) is 0.770. The number of para-hydroxylation sites is 1. The van der Waals surface area contributed by atoms with Gasteiger partial charge in [-0.3, -0.25) is 9.59 Å². The summed E-state index contributed by atoms with van der Waals surface area (Å²) < 4.78 is 5.61. The predicted octanol–water partition coefficient (Wildman–Crippen LogP) is 1.68. The van der Waals surface area contributed by atoms with Crippen molar-refractivity contribution in [2.75, 3.05) is 10.6 Å². The van der Waals surface area contributed by atoms with Gasteiger partial charge in [0.15, 0.2) is 0 Å². The Kier molecular flexibility index (Phi) is 3.59. The van der Waals surface area contributed by atoms with Crippen molar-refractivity contribution < 1.29 is 19.4 Å². The maximum absolute atomic E-state index is 11.8. The van der Waals surface area contributed by atoms with Gasteiger partial charge in [0.25, 0.3) is 0 Å². The van der Waals surface area contributed by atoms with Crippen LogP contribution in [-0.4, -0.2) is 29.1 Å². The molecule has 0 saturated carbocycles. The van der Waals surface area contributed by atoms with Gasteiger partial charge in [0.1, 0.15) is 17.5 Å². The van der Waals surface area contributed by atoms with Crippen LogP contribution in [-0.2, 0) is 9.59 Å². The number of benzene rings is 1. The number of amides is 1. The van der Waals surface area contributed by atoms with Crippen LogP contribution in [0.4, 0.5) is 11.4 Å². The summed E-state index contributed by atoms with van der Waals surface area (Å²) in [5.41, 5.74) is 1.23. The molecule has 1 unspecified atom stereocenters. The molecule has 1 amide bonds. The molecule has 1 aliphatic rings. The normalized spacial score (nSPS) is 17.4. The summed E-state index contributed by atoms with van der Waals surface area (Å²) in [5.74, 6) is -0.817. The molecular weight excluding hydrogens is 248 g/mol. The second-order valence-electron chi connectivity index (χ2n) is 4.63. The third kappa shape index (κ3) is 2.96. The Balaban J connectivity index is 2.27. The van der Waals surface area contributed by atoms with Crippen LogP contribution in [0.15, 0.2) is 18.2 Å². The van der Waals surface area contributed by atoms with Crippen LogP contribution in [0.3, 0.4) is 0 Å². The van der Waals surface area contributed by atoms with E-state index in [1.807, 2.05) is 13.8 Å². The molecule has 0 fully saturated rings. The minimum Gasteiger partial charge on any atom is -0.489 e. The first-order chi connectivity index (χ1) is 8.97. The van der Waals surface area contributed by atoms with Gasteiger partial charge >= 0.3 is 5.97 Å². The number of hydrogen-bond donors (Lipinski definition) is 3. The monoisotopic (exact) mass is 264 g/mol. The fourth-order valence-electron chi connectivity index (χ4n) is 1.91. The number of fused-ring (bicyclic) bond motifs is 1. The molecular formula is C13H16N2O4. The van der Waals surface area contributed by atoms with Crippen molar-refractivity contribution in [1.82, 2.24) is 0 Å². The van der Waals surface area contributed by atoms with Crippen molar-refractivity contribution in [2.45, 2.75) is 32.4 Å². The number of hydrogen-bond acceptors (Lipinski definition) is 4. The number of carboxylic acids is 1. The van der Waals surface area contributed by atoms with E-state index in [0.29, 0.717) is 17.1 Å². The number of rotatable bonds is 4. The Morgan fingerprint density at radius 3 is 2.84 bits per heavy atom. The van der Waals surface area contributed by atoms with E-state index >= 15 is 0 Å². The van der Waals surface area contributed by atoms with Gasteiger partial charge < -0.3 is 20.5 Å². The van der Waals surface area contributed by atoms with Crippen molar-refractivity contribution in [3.05, 3.63) is 18.2 Å². The highest BCUT2D eigenvalue weighted by atomic mass is 16.5. The first-order valence-corrected chi connectivity index (χ1v) is 6.06. The number of carbonyl (C=O) groups is 2. The third-order valence-electron chi connectivity index (χ3n) is 2.66. The minimum absolute atomic E-state index is 0.0138. The summed E-state index contributed by atoms with van der Waals surface area (Å²) in [7, 11) is 0. The topological polar surface area (TPSA) is 87.7 Å². The number of aliphatic carboxylic acids is 1. The van der Waals surface area contributed by atoms with Crippen molar-refractivity contribution in [2.24, 2.45) is 0 Å². The second-order valence-corrected chi connectivity index (χ2v) is 4.63. The molecule has 0 bridgehead atoms. The Hall–Kier alpha value is -2.24. The largest absolute Gasteiger partial charge is 0.489 e. The van der Waals surface area contributed by atoms with Crippen LogP contribution in [0.25, 0.3) is 0 Å². The van der Waals surface area contributed by atoms with E-state index in [1.54, 1.807) is 18.2 Å². The standard InChI is InChI=1S/C13H16N2O4/c1-7(2)19-10-5-3-4-8-12(10)15-13(18)9(14-8)6-11(16)17/h3-5,7,9,14H,6H2,1-2H3,(H,15,18)(H,16,17). The molecule has 6 nitrogen and oxygen atoms in total. The lowest BCUT2D eigenvalue weighted by Crippen LogP contribution is -2.40. The Bertz CT molecular complexity index is 513. The van der Waals surface area contributed by atoms with E-state index in [1.165, 1.54) is 0 Å². The number of nitrogens with one attached hydrogen (secondary N) is 2. The lowest BCUT2D eigenvalue weighted by molar-refractivity contribution is -0.138. The maximum atomic E-state index is 11.8. The van der Waals surface area contributed by atoms with E-state index < -0.39 is 12.0 Å². The molecule has 19 heavy (non-hydrogen) atoms. The zero-order valence-electron chi connectivity index (χ0n) is 10.8. The van der Waals surface area contributed by atoms with Crippen LogP contribution in [0.2, 0.25) is 0 Å². The van der Waals surface area contributed by atoms with Crippen molar-refractivity contribution >= 4 is 23.3 Å². The highest BCUT2D eigenvalue weighted by molar-refractivity contribution is 6.05. The summed E-state index contributed by atoms with van der Waals surface area (Å²) in [6.07, 6.45) is -0.277. The smallest absolute Gasteiger partial charge is 0.305 e. The highest BCUT2D eigenvalue weighted by Crippen LogP contribution is 2.36. The molecule has 0 saturated heterocycles. The van der Waals surface area contributed by atoms with Gasteiger partial charge in [0.2, 0.25) is 5.91 Å². The van der Waals surface area contributed by atoms with Crippen molar-refractivity contribution in [3.8, 4) is 5.75 Å². The maximum Gasteiger partial charge on any atom is 0.305 e. The van der Waals surface area contributed by atoms with E-state index in [4.69, 9.17) is 9.84 Å². The van der Waals surface area contributed by atoms with Gasteiger partial charge in [-0.2, -0.15) is 0 Å². The zero-order valence-corrected chi connectivity index (χ0v) is 10.8. The zero-order chi connectivity index (χ0) is 14.0. The van der Waals surface area contributed by atoms with Crippen molar-refractivity contribution in [1.29, 1.82) is 0 Å². The summed E-state index contributed by atoms with van der Waals surface area (Å²) >= 11 is 0. The predicted molar refractivity (Wildman–Crippen MR) is 70.5 cm³/mol. The molecule has 0 aliphatic carbocycles. The Morgan fingerprint density at radius 2 is 2.21 bits per heavy atom. The van der Waals surface area contributed by atoms with Gasteiger partial charge in [0.05, 0.1) is 18.2 Å². The fraction of sp³-hybridized carbons (Fsp3) is 0.385. The average Bonchev–Trinajstić information content (AvgIpc) is 2.30. The van der Waals surface area contributed by atoms with Crippen molar-refractivity contribution in [3.63, 3.8) is 0 Å². The molecule has 1 aromatic rings. The van der Waals surface area contributed by atoms with Crippen LogP contribution in [0, 0.1) is 0 Å². The molecule has 1 heterocycles. The summed E-state index contributed by atoms with van der Waals surface area (Å²) in [6.45, 7) is 3.79. The van der Waals surface area contributed by atoms with E-state index in [-0.39, 0.29) is 18.4 Å². The minimum atomic E-state index is -1.02. The molecule has 1 aromatic carbocycles. The van der Waals surface area contributed by atoms with Crippen LogP contribution in [0.5, 0.6) is 5.75 Å². The molecule has 0 spiro atoms. The second kappa shape index (κ2) is 5.17. The summed E-state index contributed by atoms with van der Waals surface area (Å²) in [5, 5.41) is 14.4. The molecule has 102 valence electrons. The fourth-order valence-corrected chi connectivity index (χ4v) is 1.91. The first-order valence-electron chi connectivity index (χ1n) is 6.06. The Labute approximate surface area is 110 Å². The van der Waals surface area contributed by atoms with Gasteiger partial charge in [0, 0.05) is 0 Å². The van der Waals surface area contributed by atoms with Gasteiger partial charge in [-0.15, -0.1) is 0 Å². The third-order valence-corrected chi connectivity index (χ3v) is 2.66. The molecule has 1 atom stereocenters. The van der Waals surface area contributed by atoms with Crippen LogP contribution < -0.4 is 15.4 Å². The lowest BCUT2D eigenvalue weighted by Gasteiger charge is -2.27. The molecule has 0 aromatic heterocycles. The van der Waals surface area contributed by atoms with Gasteiger partial charge in [-0.05, 0) is 26.0 Å². The van der Waals surface area contributed by atoms with Gasteiger partial charge in [-0.25, -0.2) is 0 Å². The number of anilines is 2. The Morgan fingerprint density at radius 1 is 1.47 bits per heavy atom. The number of ether oxygens (including phenoxy) is 1. The van der Waals surface area contributed by atoms with Crippen LogP contribution in [0.1, 0.15) is 20.3 Å².